The molecule has 15 heavy (non-hydrogen) atoms. The summed E-state index contributed by atoms with van der Waals surface area (Å²) in [7, 11) is 0. The van der Waals surface area contributed by atoms with Crippen LogP contribution in [0.25, 0.3) is 0 Å². The summed E-state index contributed by atoms with van der Waals surface area (Å²) in [5, 5.41) is 0.551. The van der Waals surface area contributed by atoms with Gasteiger partial charge in [-0.05, 0) is 0 Å². The first-order chi connectivity index (χ1) is 7.24. The van der Waals surface area contributed by atoms with Crippen molar-refractivity contribution in [2.45, 2.75) is 6.61 Å². The zero-order chi connectivity index (χ0) is 10.7. The van der Waals surface area contributed by atoms with E-state index in [1.165, 1.54) is 11.3 Å². The molecule has 0 aliphatic carbocycles. The van der Waals surface area contributed by atoms with E-state index in [1.54, 1.807) is 24.7 Å². The molecule has 0 fully saturated rings. The molecule has 0 unspecified atom stereocenters. The van der Waals surface area contributed by atoms with Crippen LogP contribution in [-0.2, 0) is 6.61 Å². The van der Waals surface area contributed by atoms with E-state index in [2.05, 4.69) is 9.97 Å². The van der Waals surface area contributed by atoms with Crippen molar-refractivity contribution in [3.63, 3.8) is 0 Å². The molecule has 0 saturated carbocycles. The van der Waals surface area contributed by atoms with E-state index in [4.69, 9.17) is 27.9 Å². The van der Waals surface area contributed by atoms with Crippen molar-refractivity contribution in [3.05, 3.63) is 39.0 Å². The molecule has 2 aromatic rings. The van der Waals surface area contributed by atoms with E-state index in [1.807, 2.05) is 0 Å². The fraction of sp³-hybridized carbons (Fsp3) is 0.111. The van der Waals surface area contributed by atoms with Crippen LogP contribution in [0.5, 0.6) is 5.75 Å². The van der Waals surface area contributed by atoms with Crippen molar-refractivity contribution < 1.29 is 4.74 Å². The summed E-state index contributed by atoms with van der Waals surface area (Å²) >= 11 is 12.8. The molecule has 0 radical (unpaired) electrons. The Bertz CT molecular complexity index is 461. The largest absolute Gasteiger partial charge is 0.486 e. The third kappa shape index (κ3) is 3.06. The molecule has 0 saturated heterocycles. The summed E-state index contributed by atoms with van der Waals surface area (Å²) in [6.07, 6.45) is 4.84. The number of ether oxygens (including phenoxy) is 1. The second-order valence-electron chi connectivity index (χ2n) is 2.71. The SMILES string of the molecule is Clc1cncc(OCc2cnc(Cl)s2)c1. The zero-order valence-corrected chi connectivity index (χ0v) is 9.81. The van der Waals surface area contributed by atoms with Gasteiger partial charge in [-0.15, -0.1) is 11.3 Å². The normalized spacial score (nSPS) is 10.3. The van der Waals surface area contributed by atoms with Crippen molar-refractivity contribution in [2.75, 3.05) is 0 Å². The fourth-order valence-corrected chi connectivity index (χ4v) is 2.03. The standard InChI is InChI=1S/C9H6Cl2N2OS/c10-6-1-7(3-12-2-6)14-5-8-4-13-9(11)15-8/h1-4H,5H2. The van der Waals surface area contributed by atoms with Crippen LogP contribution < -0.4 is 4.74 Å². The highest BCUT2D eigenvalue weighted by Crippen LogP contribution is 2.21. The molecule has 0 aromatic carbocycles. The lowest BCUT2D eigenvalue weighted by Crippen LogP contribution is -1.93. The zero-order valence-electron chi connectivity index (χ0n) is 7.48. The molecule has 0 bridgehead atoms. The quantitative estimate of drug-likeness (QED) is 0.849. The molecule has 0 atom stereocenters. The Balaban J connectivity index is 1.99. The molecule has 2 aromatic heterocycles. The summed E-state index contributed by atoms with van der Waals surface area (Å²) in [5.41, 5.74) is 0. The van der Waals surface area contributed by atoms with Crippen LogP contribution in [0.2, 0.25) is 9.49 Å². The van der Waals surface area contributed by atoms with Gasteiger partial charge >= 0.3 is 0 Å². The number of halogens is 2. The van der Waals surface area contributed by atoms with Gasteiger partial charge < -0.3 is 4.74 Å². The minimum Gasteiger partial charge on any atom is -0.486 e. The highest BCUT2D eigenvalue weighted by Gasteiger charge is 2.01. The first kappa shape index (κ1) is 10.7. The van der Waals surface area contributed by atoms with Crippen LogP contribution in [0, 0.1) is 0 Å². The van der Waals surface area contributed by atoms with Crippen LogP contribution >= 0.6 is 34.5 Å². The van der Waals surface area contributed by atoms with Crippen LogP contribution in [-0.4, -0.2) is 9.97 Å². The number of nitrogens with zero attached hydrogens (tertiary/aromatic N) is 2. The predicted molar refractivity (Wildman–Crippen MR) is 60.7 cm³/mol. The summed E-state index contributed by atoms with van der Waals surface area (Å²) in [6, 6.07) is 1.71. The Kier molecular flexibility index (Phi) is 3.41. The molecular weight excluding hydrogens is 255 g/mol. The maximum Gasteiger partial charge on any atom is 0.183 e. The van der Waals surface area contributed by atoms with Gasteiger partial charge in [0, 0.05) is 18.5 Å². The van der Waals surface area contributed by atoms with Crippen molar-refractivity contribution in [1.82, 2.24) is 9.97 Å². The topological polar surface area (TPSA) is 35.0 Å². The Morgan fingerprint density at radius 1 is 1.27 bits per heavy atom. The van der Waals surface area contributed by atoms with Gasteiger partial charge in [0.05, 0.1) is 16.1 Å². The maximum absolute atomic E-state index is 5.76. The third-order valence-electron chi connectivity index (χ3n) is 1.59. The summed E-state index contributed by atoms with van der Waals surface area (Å²) in [5.74, 6) is 0.632. The molecular formula is C9H6Cl2N2OS. The van der Waals surface area contributed by atoms with Gasteiger partial charge in [0.25, 0.3) is 0 Å². The van der Waals surface area contributed by atoms with Gasteiger partial charge in [-0.2, -0.15) is 0 Å². The fourth-order valence-electron chi connectivity index (χ4n) is 0.976. The lowest BCUT2D eigenvalue weighted by Gasteiger charge is -2.03. The van der Waals surface area contributed by atoms with Crippen LogP contribution in [0.15, 0.2) is 24.7 Å². The number of thiazole rings is 1. The summed E-state index contributed by atoms with van der Waals surface area (Å²) < 4.78 is 5.96. The van der Waals surface area contributed by atoms with E-state index in [9.17, 15) is 0 Å². The number of rotatable bonds is 3. The van der Waals surface area contributed by atoms with Crippen LogP contribution in [0.4, 0.5) is 0 Å². The van der Waals surface area contributed by atoms with E-state index in [0.29, 0.717) is 21.8 Å². The third-order valence-corrected chi connectivity index (χ3v) is 2.88. The average molecular weight is 261 g/mol. The van der Waals surface area contributed by atoms with Crippen molar-refractivity contribution in [2.24, 2.45) is 0 Å². The lowest BCUT2D eigenvalue weighted by atomic mass is 10.4. The first-order valence-corrected chi connectivity index (χ1v) is 5.65. The number of aromatic nitrogens is 2. The smallest absolute Gasteiger partial charge is 0.183 e. The van der Waals surface area contributed by atoms with Gasteiger partial charge in [-0.3, -0.25) is 4.98 Å². The number of hydrogen-bond acceptors (Lipinski definition) is 4. The number of pyridine rings is 1. The van der Waals surface area contributed by atoms with Gasteiger partial charge in [-0.1, -0.05) is 23.2 Å². The van der Waals surface area contributed by atoms with Crippen LogP contribution in [0.1, 0.15) is 4.88 Å². The van der Waals surface area contributed by atoms with E-state index in [0.717, 1.165) is 4.88 Å². The average Bonchev–Trinajstić information content (AvgIpc) is 2.62. The Labute approximate surface area is 101 Å². The van der Waals surface area contributed by atoms with Crippen molar-refractivity contribution in [3.8, 4) is 5.75 Å². The predicted octanol–water partition coefficient (Wildman–Crippen LogP) is 3.42. The second kappa shape index (κ2) is 4.79. The molecule has 0 N–H and O–H groups in total. The lowest BCUT2D eigenvalue weighted by molar-refractivity contribution is 0.308. The highest BCUT2D eigenvalue weighted by molar-refractivity contribution is 7.15. The van der Waals surface area contributed by atoms with E-state index >= 15 is 0 Å². The Morgan fingerprint density at radius 2 is 2.13 bits per heavy atom. The second-order valence-corrected chi connectivity index (χ2v) is 4.84. The minimum atomic E-state index is 0.423. The summed E-state index contributed by atoms with van der Waals surface area (Å²) in [6.45, 7) is 0.423. The molecule has 0 aliphatic rings. The van der Waals surface area contributed by atoms with Crippen molar-refractivity contribution in [1.29, 1.82) is 0 Å². The number of hydrogen-bond donors (Lipinski definition) is 0. The van der Waals surface area contributed by atoms with Gasteiger partial charge in [0.1, 0.15) is 12.4 Å². The molecule has 0 spiro atoms. The monoisotopic (exact) mass is 260 g/mol. The van der Waals surface area contributed by atoms with Crippen molar-refractivity contribution >= 4 is 34.5 Å². The van der Waals surface area contributed by atoms with Crippen LogP contribution in [0.3, 0.4) is 0 Å². The van der Waals surface area contributed by atoms with E-state index < -0.39 is 0 Å². The molecule has 6 heteroatoms. The van der Waals surface area contributed by atoms with Gasteiger partial charge in [0.2, 0.25) is 0 Å². The minimum absolute atomic E-state index is 0.423. The molecule has 78 valence electrons. The first-order valence-electron chi connectivity index (χ1n) is 4.07. The summed E-state index contributed by atoms with van der Waals surface area (Å²) in [4.78, 5) is 8.77. The molecule has 0 aliphatic heterocycles. The Hall–Kier alpha value is -0.840. The molecule has 2 rings (SSSR count). The molecule has 3 nitrogen and oxygen atoms in total. The Morgan fingerprint density at radius 3 is 2.80 bits per heavy atom. The molecule has 0 amide bonds. The highest BCUT2D eigenvalue weighted by atomic mass is 35.5. The van der Waals surface area contributed by atoms with Gasteiger partial charge in [0.15, 0.2) is 4.47 Å². The van der Waals surface area contributed by atoms with Gasteiger partial charge in [-0.25, -0.2) is 4.98 Å². The van der Waals surface area contributed by atoms with E-state index in [-0.39, 0.29) is 0 Å². The molecule has 2 heterocycles. The maximum atomic E-state index is 5.76.